The predicted octanol–water partition coefficient (Wildman–Crippen LogP) is 1.57. The van der Waals surface area contributed by atoms with Crippen molar-refractivity contribution >= 4 is 10.0 Å². The van der Waals surface area contributed by atoms with E-state index in [2.05, 4.69) is 10.1 Å². The molecular weight excluding hydrogens is 356 g/mol. The average molecular weight is 380 g/mol. The first kappa shape index (κ1) is 18.8. The molecule has 26 heavy (non-hydrogen) atoms. The number of aromatic nitrogens is 3. The van der Waals surface area contributed by atoms with Crippen LogP contribution in [-0.4, -0.2) is 40.5 Å². The van der Waals surface area contributed by atoms with E-state index in [1.165, 1.54) is 4.31 Å². The summed E-state index contributed by atoms with van der Waals surface area (Å²) < 4.78 is 33.8. The van der Waals surface area contributed by atoms with Crippen molar-refractivity contribution in [3.8, 4) is 0 Å². The average Bonchev–Trinajstić information content (AvgIpc) is 2.95. The fourth-order valence-corrected chi connectivity index (χ4v) is 5.15. The molecule has 0 N–H and O–H groups in total. The minimum Gasteiger partial charge on any atom is -0.360 e. The Labute approximate surface area is 152 Å². The second-order valence-corrected chi connectivity index (χ2v) is 8.79. The van der Waals surface area contributed by atoms with Crippen molar-refractivity contribution in [1.82, 2.24) is 19.0 Å². The van der Waals surface area contributed by atoms with Crippen LogP contribution in [0.25, 0.3) is 0 Å². The highest BCUT2D eigenvalue weighted by Crippen LogP contribution is 2.28. The zero-order chi connectivity index (χ0) is 19.1. The fourth-order valence-electron chi connectivity index (χ4n) is 3.39. The van der Waals surface area contributed by atoms with Crippen molar-refractivity contribution in [1.29, 1.82) is 0 Å². The van der Waals surface area contributed by atoms with Gasteiger partial charge in [0.25, 0.3) is 5.56 Å². The minimum absolute atomic E-state index is 0.0247. The molecule has 2 aromatic rings. The molecule has 0 amide bonds. The summed E-state index contributed by atoms with van der Waals surface area (Å²) in [6.07, 6.45) is 2.97. The molecule has 3 rings (SSSR count). The van der Waals surface area contributed by atoms with Gasteiger partial charge in [-0.2, -0.15) is 4.31 Å². The van der Waals surface area contributed by atoms with E-state index in [-0.39, 0.29) is 16.4 Å². The highest BCUT2D eigenvalue weighted by atomic mass is 32.2. The van der Waals surface area contributed by atoms with Gasteiger partial charge in [-0.15, -0.1) is 0 Å². The minimum atomic E-state index is -3.60. The molecule has 1 aliphatic heterocycles. The van der Waals surface area contributed by atoms with Crippen LogP contribution in [-0.2, 0) is 16.6 Å². The molecule has 1 aliphatic rings. The van der Waals surface area contributed by atoms with Gasteiger partial charge in [0.1, 0.15) is 10.6 Å². The Bertz CT molecular complexity index is 950. The molecule has 3 heterocycles. The molecule has 8 nitrogen and oxygen atoms in total. The lowest BCUT2D eigenvalue weighted by atomic mass is 9.98. The molecule has 0 atom stereocenters. The Kier molecular flexibility index (Phi) is 5.03. The summed E-state index contributed by atoms with van der Waals surface area (Å²) in [6, 6.07) is 0. The lowest BCUT2D eigenvalue weighted by Gasteiger charge is -2.31. The first-order chi connectivity index (χ1) is 12.2. The van der Waals surface area contributed by atoms with Crippen LogP contribution in [0, 0.1) is 33.6 Å². The summed E-state index contributed by atoms with van der Waals surface area (Å²) in [4.78, 5) is 16.7. The van der Waals surface area contributed by atoms with E-state index in [0.717, 1.165) is 5.69 Å². The Morgan fingerprint density at radius 2 is 1.81 bits per heavy atom. The van der Waals surface area contributed by atoms with Crippen LogP contribution in [0.2, 0.25) is 0 Å². The van der Waals surface area contributed by atoms with Gasteiger partial charge >= 0.3 is 0 Å². The zero-order valence-electron chi connectivity index (χ0n) is 15.5. The molecular formula is C17H24N4O4S. The van der Waals surface area contributed by atoms with Crippen LogP contribution >= 0.6 is 0 Å². The van der Waals surface area contributed by atoms with Crippen LogP contribution in [0.5, 0.6) is 0 Å². The van der Waals surface area contributed by atoms with Crippen molar-refractivity contribution in [2.75, 3.05) is 13.1 Å². The summed E-state index contributed by atoms with van der Waals surface area (Å²) in [5.41, 5.74) is 1.76. The molecule has 142 valence electrons. The number of nitrogens with zero attached hydrogens (tertiary/aromatic N) is 4. The van der Waals surface area contributed by atoms with E-state index >= 15 is 0 Å². The normalized spacial score (nSPS) is 16.9. The number of sulfonamides is 1. The summed E-state index contributed by atoms with van der Waals surface area (Å²) in [5, 5.41) is 3.75. The first-order valence-corrected chi connectivity index (χ1v) is 10.1. The molecule has 0 aliphatic carbocycles. The highest BCUT2D eigenvalue weighted by molar-refractivity contribution is 7.89. The maximum atomic E-state index is 12.9. The standard InChI is InChI=1S/C17H24N4O4S/c1-11-12(2)18-10-20(17(11)22)9-15-5-7-21(8-6-15)26(23,24)16-13(3)19-25-14(16)4/h10,15H,5-9H2,1-4H3. The van der Waals surface area contributed by atoms with Crippen LogP contribution < -0.4 is 5.56 Å². The van der Waals surface area contributed by atoms with Gasteiger partial charge in [0.15, 0.2) is 5.76 Å². The number of hydrogen-bond donors (Lipinski definition) is 0. The molecule has 1 fully saturated rings. The topological polar surface area (TPSA) is 98.3 Å². The van der Waals surface area contributed by atoms with Crippen molar-refractivity contribution in [3.05, 3.63) is 39.4 Å². The third-order valence-corrected chi connectivity index (χ3v) is 7.25. The Morgan fingerprint density at radius 3 is 2.38 bits per heavy atom. The molecule has 0 radical (unpaired) electrons. The number of rotatable bonds is 4. The van der Waals surface area contributed by atoms with Crippen LogP contribution in [0.15, 0.2) is 20.5 Å². The number of piperidine rings is 1. The molecule has 0 aromatic carbocycles. The first-order valence-electron chi connectivity index (χ1n) is 8.67. The molecule has 0 bridgehead atoms. The fraction of sp³-hybridized carbons (Fsp3) is 0.588. The second-order valence-electron chi connectivity index (χ2n) is 6.91. The zero-order valence-corrected chi connectivity index (χ0v) is 16.3. The van der Waals surface area contributed by atoms with Gasteiger partial charge in [-0.3, -0.25) is 9.36 Å². The summed E-state index contributed by atoms with van der Waals surface area (Å²) in [7, 11) is -3.60. The molecule has 0 spiro atoms. The molecule has 1 saturated heterocycles. The van der Waals surface area contributed by atoms with Gasteiger partial charge < -0.3 is 4.52 Å². The maximum absolute atomic E-state index is 12.9. The van der Waals surface area contributed by atoms with Gasteiger partial charge in [0, 0.05) is 30.9 Å². The van der Waals surface area contributed by atoms with Crippen LogP contribution in [0.1, 0.15) is 35.6 Å². The van der Waals surface area contributed by atoms with Gasteiger partial charge in [0.2, 0.25) is 10.0 Å². The lowest BCUT2D eigenvalue weighted by molar-refractivity contribution is 0.250. The Balaban J connectivity index is 1.70. The van der Waals surface area contributed by atoms with Gasteiger partial charge in [-0.05, 0) is 46.5 Å². The van der Waals surface area contributed by atoms with E-state index in [9.17, 15) is 13.2 Å². The molecule has 9 heteroatoms. The number of aryl methyl sites for hydroxylation is 3. The smallest absolute Gasteiger partial charge is 0.256 e. The summed E-state index contributed by atoms with van der Waals surface area (Å²) >= 11 is 0. The van der Waals surface area contributed by atoms with Crippen molar-refractivity contribution in [2.24, 2.45) is 5.92 Å². The van der Waals surface area contributed by atoms with E-state index in [0.29, 0.717) is 49.5 Å². The molecule has 2 aromatic heterocycles. The summed E-state index contributed by atoms with van der Waals surface area (Å²) in [5.74, 6) is 0.560. The van der Waals surface area contributed by atoms with Gasteiger partial charge in [-0.25, -0.2) is 13.4 Å². The third-order valence-electron chi connectivity index (χ3n) is 5.11. The van der Waals surface area contributed by atoms with Crippen LogP contribution in [0.4, 0.5) is 0 Å². The SMILES string of the molecule is Cc1noc(C)c1S(=O)(=O)N1CCC(Cn2cnc(C)c(C)c2=O)CC1. The molecule has 0 saturated carbocycles. The quantitative estimate of drug-likeness (QED) is 0.798. The van der Waals surface area contributed by atoms with Gasteiger partial charge in [-0.1, -0.05) is 5.16 Å². The monoisotopic (exact) mass is 380 g/mol. The number of hydrogen-bond acceptors (Lipinski definition) is 6. The Hall–Kier alpha value is -2.00. The van der Waals surface area contributed by atoms with E-state index in [1.54, 1.807) is 31.7 Å². The summed E-state index contributed by atoms with van der Waals surface area (Å²) in [6.45, 7) is 8.24. The lowest BCUT2D eigenvalue weighted by Crippen LogP contribution is -2.40. The Morgan fingerprint density at radius 1 is 1.15 bits per heavy atom. The largest absolute Gasteiger partial charge is 0.360 e. The van der Waals surface area contributed by atoms with Crippen molar-refractivity contribution in [3.63, 3.8) is 0 Å². The van der Waals surface area contributed by atoms with E-state index in [1.807, 2.05) is 6.92 Å². The predicted molar refractivity (Wildman–Crippen MR) is 95.4 cm³/mol. The van der Waals surface area contributed by atoms with Crippen molar-refractivity contribution in [2.45, 2.75) is 52.0 Å². The highest BCUT2D eigenvalue weighted by Gasteiger charge is 2.33. The van der Waals surface area contributed by atoms with E-state index < -0.39 is 10.0 Å². The van der Waals surface area contributed by atoms with E-state index in [4.69, 9.17) is 4.52 Å². The van der Waals surface area contributed by atoms with Gasteiger partial charge in [0.05, 0.1) is 6.33 Å². The maximum Gasteiger partial charge on any atom is 0.256 e. The van der Waals surface area contributed by atoms with Crippen molar-refractivity contribution < 1.29 is 12.9 Å². The van der Waals surface area contributed by atoms with Crippen LogP contribution in [0.3, 0.4) is 0 Å². The molecule has 0 unspecified atom stereocenters. The third kappa shape index (κ3) is 3.33. The second kappa shape index (κ2) is 6.96.